The third-order valence-corrected chi connectivity index (χ3v) is 4.71. The molecule has 2 atom stereocenters. The van der Waals surface area contributed by atoms with Gasteiger partial charge in [0.15, 0.2) is 0 Å². The standard InChI is InChI=1S/C20H23N3O3/c1-26-19(24)18-10-17(16-7-3-2-4-8-16)13-23(14-18)20(25)22-12-15-6-5-9-21-11-15/h2-9,11,17-18H,10,12-14H2,1H3,(H,22,25). The molecule has 0 bridgehead atoms. The van der Waals surface area contributed by atoms with Crippen LogP contribution in [0.2, 0.25) is 0 Å². The zero-order chi connectivity index (χ0) is 18.4. The average Bonchev–Trinajstić information content (AvgIpc) is 2.72. The van der Waals surface area contributed by atoms with E-state index in [0.29, 0.717) is 26.1 Å². The van der Waals surface area contributed by atoms with Gasteiger partial charge in [0, 0.05) is 37.9 Å². The Morgan fingerprint density at radius 1 is 1.19 bits per heavy atom. The number of nitrogens with one attached hydrogen (secondary N) is 1. The number of esters is 1. The Labute approximate surface area is 153 Å². The Kier molecular flexibility index (Phi) is 5.84. The third kappa shape index (κ3) is 4.39. The fourth-order valence-corrected chi connectivity index (χ4v) is 3.36. The average molecular weight is 353 g/mol. The van der Waals surface area contributed by atoms with Gasteiger partial charge in [-0.15, -0.1) is 0 Å². The molecule has 1 aliphatic rings. The van der Waals surface area contributed by atoms with E-state index in [2.05, 4.69) is 10.3 Å². The lowest BCUT2D eigenvalue weighted by atomic mass is 9.84. The third-order valence-electron chi connectivity index (χ3n) is 4.71. The molecule has 2 unspecified atom stereocenters. The number of carbonyl (C=O) groups excluding carboxylic acids is 2. The number of aromatic nitrogens is 1. The van der Waals surface area contributed by atoms with Gasteiger partial charge in [-0.25, -0.2) is 4.79 Å². The summed E-state index contributed by atoms with van der Waals surface area (Å²) in [5.74, 6) is -0.475. The highest BCUT2D eigenvalue weighted by Crippen LogP contribution is 2.30. The normalized spacial score (nSPS) is 19.7. The molecule has 0 aliphatic carbocycles. The first kappa shape index (κ1) is 17.9. The summed E-state index contributed by atoms with van der Waals surface area (Å²) in [6, 6.07) is 13.6. The lowest BCUT2D eigenvalue weighted by Gasteiger charge is -2.36. The molecule has 1 fully saturated rings. The molecular weight excluding hydrogens is 330 g/mol. The Hall–Kier alpha value is -2.89. The molecular formula is C20H23N3O3. The van der Waals surface area contributed by atoms with Gasteiger partial charge in [-0.05, 0) is 23.6 Å². The number of carbonyl (C=O) groups is 2. The van der Waals surface area contributed by atoms with Crippen LogP contribution in [0.25, 0.3) is 0 Å². The van der Waals surface area contributed by atoms with Crippen LogP contribution in [0.3, 0.4) is 0 Å². The maximum atomic E-state index is 12.6. The summed E-state index contributed by atoms with van der Waals surface area (Å²) in [5.41, 5.74) is 2.06. The van der Waals surface area contributed by atoms with Crippen molar-refractivity contribution in [2.45, 2.75) is 18.9 Å². The van der Waals surface area contributed by atoms with E-state index in [9.17, 15) is 9.59 Å². The smallest absolute Gasteiger partial charge is 0.317 e. The number of hydrogen-bond donors (Lipinski definition) is 1. The number of urea groups is 1. The molecule has 136 valence electrons. The number of benzene rings is 1. The Morgan fingerprint density at radius 2 is 2.00 bits per heavy atom. The molecule has 0 saturated carbocycles. The van der Waals surface area contributed by atoms with E-state index in [4.69, 9.17) is 4.74 Å². The highest BCUT2D eigenvalue weighted by atomic mass is 16.5. The molecule has 1 aromatic heterocycles. The SMILES string of the molecule is COC(=O)C1CC(c2ccccc2)CN(C(=O)NCc2cccnc2)C1. The molecule has 0 radical (unpaired) electrons. The van der Waals surface area contributed by atoms with E-state index in [1.807, 2.05) is 42.5 Å². The zero-order valence-electron chi connectivity index (χ0n) is 14.8. The molecule has 2 amide bonds. The van der Waals surface area contributed by atoms with Gasteiger partial charge in [0.2, 0.25) is 0 Å². The van der Waals surface area contributed by atoms with Crippen molar-refractivity contribution in [1.29, 1.82) is 0 Å². The number of ether oxygens (including phenoxy) is 1. The minimum absolute atomic E-state index is 0.109. The Morgan fingerprint density at radius 3 is 2.69 bits per heavy atom. The molecule has 1 aliphatic heterocycles. The minimum atomic E-state index is -0.317. The first-order valence-corrected chi connectivity index (χ1v) is 8.72. The van der Waals surface area contributed by atoms with Crippen molar-refractivity contribution in [1.82, 2.24) is 15.2 Å². The predicted octanol–water partition coefficient (Wildman–Crippen LogP) is 2.57. The molecule has 2 heterocycles. The van der Waals surface area contributed by atoms with Crippen molar-refractivity contribution in [2.75, 3.05) is 20.2 Å². The van der Waals surface area contributed by atoms with Crippen LogP contribution in [0.15, 0.2) is 54.9 Å². The van der Waals surface area contributed by atoms with Gasteiger partial charge in [-0.1, -0.05) is 36.4 Å². The highest BCUT2D eigenvalue weighted by molar-refractivity contribution is 5.77. The van der Waals surface area contributed by atoms with E-state index < -0.39 is 0 Å². The quantitative estimate of drug-likeness (QED) is 0.858. The number of nitrogens with zero attached hydrogens (tertiary/aromatic N) is 2. The second kappa shape index (κ2) is 8.47. The van der Waals surface area contributed by atoms with Crippen molar-refractivity contribution in [3.8, 4) is 0 Å². The van der Waals surface area contributed by atoms with Crippen molar-refractivity contribution in [3.63, 3.8) is 0 Å². The lowest BCUT2D eigenvalue weighted by molar-refractivity contribution is -0.147. The second-order valence-corrected chi connectivity index (χ2v) is 6.49. The topological polar surface area (TPSA) is 71.5 Å². The summed E-state index contributed by atoms with van der Waals surface area (Å²) >= 11 is 0. The van der Waals surface area contributed by atoms with E-state index in [-0.39, 0.29) is 23.8 Å². The van der Waals surface area contributed by atoms with Crippen LogP contribution in [0.5, 0.6) is 0 Å². The van der Waals surface area contributed by atoms with Gasteiger partial charge < -0.3 is 15.0 Å². The van der Waals surface area contributed by atoms with Gasteiger partial charge in [-0.2, -0.15) is 0 Å². The molecule has 6 nitrogen and oxygen atoms in total. The molecule has 1 aromatic carbocycles. The van der Waals surface area contributed by atoms with Crippen LogP contribution < -0.4 is 5.32 Å². The molecule has 26 heavy (non-hydrogen) atoms. The van der Waals surface area contributed by atoms with Crippen molar-refractivity contribution < 1.29 is 14.3 Å². The fraction of sp³-hybridized carbons (Fsp3) is 0.350. The van der Waals surface area contributed by atoms with Gasteiger partial charge in [0.1, 0.15) is 0 Å². The monoisotopic (exact) mass is 353 g/mol. The molecule has 1 saturated heterocycles. The van der Waals surface area contributed by atoms with Crippen molar-refractivity contribution in [3.05, 3.63) is 66.0 Å². The predicted molar refractivity (Wildman–Crippen MR) is 97.4 cm³/mol. The van der Waals surface area contributed by atoms with Gasteiger partial charge in [-0.3, -0.25) is 9.78 Å². The minimum Gasteiger partial charge on any atom is -0.469 e. The summed E-state index contributed by atoms with van der Waals surface area (Å²) in [6.07, 6.45) is 4.10. The largest absolute Gasteiger partial charge is 0.469 e. The first-order chi connectivity index (χ1) is 12.7. The molecule has 1 N–H and O–H groups in total. The van der Waals surface area contributed by atoms with Gasteiger partial charge in [0.25, 0.3) is 0 Å². The fourth-order valence-electron chi connectivity index (χ4n) is 3.36. The maximum Gasteiger partial charge on any atom is 0.317 e. The summed E-state index contributed by atoms with van der Waals surface area (Å²) in [7, 11) is 1.39. The molecule has 3 rings (SSSR count). The van der Waals surface area contributed by atoms with E-state index in [1.165, 1.54) is 7.11 Å². The number of amides is 2. The van der Waals surface area contributed by atoms with Crippen LogP contribution in [0, 0.1) is 5.92 Å². The van der Waals surface area contributed by atoms with E-state index in [1.54, 1.807) is 17.3 Å². The van der Waals surface area contributed by atoms with E-state index in [0.717, 1.165) is 11.1 Å². The van der Waals surface area contributed by atoms with Crippen LogP contribution >= 0.6 is 0 Å². The van der Waals surface area contributed by atoms with Crippen molar-refractivity contribution >= 4 is 12.0 Å². The van der Waals surface area contributed by atoms with Gasteiger partial charge in [0.05, 0.1) is 13.0 Å². The summed E-state index contributed by atoms with van der Waals surface area (Å²) in [5, 5.41) is 2.91. The number of rotatable bonds is 4. The molecule has 6 heteroatoms. The van der Waals surface area contributed by atoms with Crippen LogP contribution in [-0.4, -0.2) is 42.1 Å². The Balaban J connectivity index is 1.70. The van der Waals surface area contributed by atoms with Crippen LogP contribution in [0.4, 0.5) is 4.79 Å². The first-order valence-electron chi connectivity index (χ1n) is 8.72. The number of piperidine rings is 1. The lowest BCUT2D eigenvalue weighted by Crippen LogP contribution is -2.49. The molecule has 0 spiro atoms. The van der Waals surface area contributed by atoms with Crippen LogP contribution in [-0.2, 0) is 16.1 Å². The highest BCUT2D eigenvalue weighted by Gasteiger charge is 2.35. The number of hydrogen-bond acceptors (Lipinski definition) is 4. The van der Waals surface area contributed by atoms with Crippen LogP contribution in [0.1, 0.15) is 23.5 Å². The Bertz CT molecular complexity index is 736. The second-order valence-electron chi connectivity index (χ2n) is 6.49. The van der Waals surface area contributed by atoms with E-state index >= 15 is 0 Å². The summed E-state index contributed by atoms with van der Waals surface area (Å²) in [6.45, 7) is 1.35. The summed E-state index contributed by atoms with van der Waals surface area (Å²) in [4.78, 5) is 30.5. The number of methoxy groups -OCH3 is 1. The van der Waals surface area contributed by atoms with Crippen molar-refractivity contribution in [2.24, 2.45) is 5.92 Å². The maximum absolute atomic E-state index is 12.6. The number of pyridine rings is 1. The van der Waals surface area contributed by atoms with Gasteiger partial charge >= 0.3 is 12.0 Å². The summed E-state index contributed by atoms with van der Waals surface area (Å²) < 4.78 is 4.93. The number of likely N-dealkylation sites (tertiary alicyclic amines) is 1. The zero-order valence-corrected chi connectivity index (χ0v) is 14.8. The molecule has 2 aromatic rings.